The van der Waals surface area contributed by atoms with Gasteiger partial charge in [0.1, 0.15) is 10.8 Å². The SMILES string of the molecule is NCc1ccnc(Oc2cccc(Cl)c2)c1Cl. The number of halogens is 2. The molecule has 0 unspecified atom stereocenters. The van der Waals surface area contributed by atoms with E-state index in [2.05, 4.69) is 4.98 Å². The molecule has 2 rings (SSSR count). The molecule has 5 heteroatoms. The summed E-state index contributed by atoms with van der Waals surface area (Å²) in [5.74, 6) is 0.915. The van der Waals surface area contributed by atoms with E-state index in [1.165, 1.54) is 0 Å². The van der Waals surface area contributed by atoms with Gasteiger partial charge < -0.3 is 10.5 Å². The van der Waals surface area contributed by atoms with Crippen LogP contribution in [0.15, 0.2) is 36.5 Å². The van der Waals surface area contributed by atoms with E-state index in [1.54, 1.807) is 36.5 Å². The summed E-state index contributed by atoms with van der Waals surface area (Å²) in [7, 11) is 0. The lowest BCUT2D eigenvalue weighted by Crippen LogP contribution is -1.99. The summed E-state index contributed by atoms with van der Waals surface area (Å²) in [6.45, 7) is 0.341. The first-order valence-corrected chi connectivity index (χ1v) is 5.73. The van der Waals surface area contributed by atoms with Crippen LogP contribution in [-0.2, 0) is 6.54 Å². The van der Waals surface area contributed by atoms with Gasteiger partial charge in [0.05, 0.1) is 0 Å². The van der Waals surface area contributed by atoms with Gasteiger partial charge in [0.2, 0.25) is 5.88 Å². The summed E-state index contributed by atoms with van der Waals surface area (Å²) < 4.78 is 5.55. The first-order valence-electron chi connectivity index (χ1n) is 4.97. The maximum atomic E-state index is 6.10. The molecule has 0 amide bonds. The van der Waals surface area contributed by atoms with E-state index in [-0.39, 0.29) is 0 Å². The first kappa shape index (κ1) is 12.2. The summed E-state index contributed by atoms with van der Waals surface area (Å²) in [6, 6.07) is 8.78. The fourth-order valence-corrected chi connectivity index (χ4v) is 1.74. The van der Waals surface area contributed by atoms with Crippen LogP contribution >= 0.6 is 23.2 Å². The quantitative estimate of drug-likeness (QED) is 0.925. The number of aromatic nitrogens is 1. The number of hydrogen-bond acceptors (Lipinski definition) is 3. The average molecular weight is 269 g/mol. The standard InChI is InChI=1S/C12H10Cl2N2O/c13-9-2-1-3-10(6-9)17-12-11(14)8(7-15)4-5-16-12/h1-6H,7,15H2. The van der Waals surface area contributed by atoms with Crippen molar-refractivity contribution in [3.05, 3.63) is 52.1 Å². The van der Waals surface area contributed by atoms with Crippen molar-refractivity contribution in [2.45, 2.75) is 6.54 Å². The van der Waals surface area contributed by atoms with Gasteiger partial charge in [0.15, 0.2) is 0 Å². The molecule has 0 saturated heterocycles. The third-order valence-corrected chi connectivity index (χ3v) is 2.81. The second kappa shape index (κ2) is 5.36. The van der Waals surface area contributed by atoms with Crippen molar-refractivity contribution in [1.29, 1.82) is 0 Å². The molecule has 0 aliphatic carbocycles. The minimum Gasteiger partial charge on any atom is -0.437 e. The molecule has 0 radical (unpaired) electrons. The van der Waals surface area contributed by atoms with Crippen LogP contribution in [0, 0.1) is 0 Å². The lowest BCUT2D eigenvalue weighted by Gasteiger charge is -2.08. The monoisotopic (exact) mass is 268 g/mol. The second-order valence-electron chi connectivity index (χ2n) is 3.35. The van der Waals surface area contributed by atoms with Crippen LogP contribution in [0.1, 0.15) is 5.56 Å². The van der Waals surface area contributed by atoms with Crippen molar-refractivity contribution in [2.75, 3.05) is 0 Å². The lowest BCUT2D eigenvalue weighted by atomic mass is 10.2. The van der Waals surface area contributed by atoms with Gasteiger partial charge in [-0.1, -0.05) is 29.3 Å². The molecule has 0 spiro atoms. The summed E-state index contributed by atoms with van der Waals surface area (Å²) in [5.41, 5.74) is 6.34. The molecule has 0 aliphatic heterocycles. The topological polar surface area (TPSA) is 48.1 Å². The lowest BCUT2D eigenvalue weighted by molar-refractivity contribution is 0.462. The van der Waals surface area contributed by atoms with E-state index in [4.69, 9.17) is 33.7 Å². The first-order chi connectivity index (χ1) is 8.20. The Bertz CT molecular complexity index is 532. The normalized spacial score (nSPS) is 10.3. The minimum absolute atomic E-state index is 0.330. The molecule has 1 aromatic carbocycles. The van der Waals surface area contributed by atoms with Gasteiger partial charge in [-0.2, -0.15) is 0 Å². The minimum atomic E-state index is 0.330. The Hall–Kier alpha value is -1.29. The van der Waals surface area contributed by atoms with Gasteiger partial charge in [-0.15, -0.1) is 0 Å². The molecule has 3 nitrogen and oxygen atoms in total. The van der Waals surface area contributed by atoms with Crippen molar-refractivity contribution in [3.8, 4) is 11.6 Å². The smallest absolute Gasteiger partial charge is 0.238 e. The molecule has 0 fully saturated rings. The number of nitrogens with two attached hydrogens (primary N) is 1. The number of nitrogens with zero attached hydrogens (tertiary/aromatic N) is 1. The van der Waals surface area contributed by atoms with Crippen molar-refractivity contribution >= 4 is 23.2 Å². The third kappa shape index (κ3) is 2.88. The van der Waals surface area contributed by atoms with E-state index in [9.17, 15) is 0 Å². The Kier molecular flexibility index (Phi) is 3.84. The Morgan fingerprint density at radius 3 is 2.76 bits per heavy atom. The van der Waals surface area contributed by atoms with Crippen LogP contribution in [0.25, 0.3) is 0 Å². The fraction of sp³-hybridized carbons (Fsp3) is 0.0833. The summed E-state index contributed by atoms with van der Waals surface area (Å²) >= 11 is 12.0. The van der Waals surface area contributed by atoms with Crippen LogP contribution < -0.4 is 10.5 Å². The highest BCUT2D eigenvalue weighted by Gasteiger charge is 2.08. The Labute approximate surface area is 109 Å². The second-order valence-corrected chi connectivity index (χ2v) is 4.17. The molecular formula is C12H10Cl2N2O. The summed E-state index contributed by atoms with van der Waals surface area (Å²) in [4.78, 5) is 4.06. The van der Waals surface area contributed by atoms with Crippen LogP contribution in [0.3, 0.4) is 0 Å². The van der Waals surface area contributed by atoms with Gasteiger partial charge in [-0.25, -0.2) is 4.98 Å². The maximum Gasteiger partial charge on any atom is 0.238 e. The van der Waals surface area contributed by atoms with Crippen LogP contribution in [0.5, 0.6) is 11.6 Å². The van der Waals surface area contributed by atoms with Gasteiger partial charge >= 0.3 is 0 Å². The zero-order valence-electron chi connectivity index (χ0n) is 8.86. The van der Waals surface area contributed by atoms with E-state index in [0.717, 1.165) is 5.56 Å². The molecule has 0 aliphatic rings. The Balaban J connectivity index is 2.30. The van der Waals surface area contributed by atoms with Gasteiger partial charge in [0, 0.05) is 17.8 Å². The van der Waals surface area contributed by atoms with E-state index >= 15 is 0 Å². The zero-order chi connectivity index (χ0) is 12.3. The zero-order valence-corrected chi connectivity index (χ0v) is 10.4. The molecule has 0 atom stereocenters. The fourth-order valence-electron chi connectivity index (χ4n) is 1.33. The molecule has 1 heterocycles. The van der Waals surface area contributed by atoms with Gasteiger partial charge in [-0.05, 0) is 29.8 Å². The highest BCUT2D eigenvalue weighted by atomic mass is 35.5. The highest BCUT2D eigenvalue weighted by molar-refractivity contribution is 6.32. The van der Waals surface area contributed by atoms with Gasteiger partial charge in [0.25, 0.3) is 0 Å². The molecule has 1 aromatic heterocycles. The third-order valence-electron chi connectivity index (χ3n) is 2.17. The van der Waals surface area contributed by atoms with Crippen molar-refractivity contribution in [2.24, 2.45) is 5.73 Å². The molecule has 0 bridgehead atoms. The Morgan fingerprint density at radius 2 is 2.06 bits per heavy atom. The van der Waals surface area contributed by atoms with E-state index in [1.807, 2.05) is 0 Å². The van der Waals surface area contributed by atoms with Gasteiger partial charge in [-0.3, -0.25) is 0 Å². The number of rotatable bonds is 3. The van der Waals surface area contributed by atoms with Crippen molar-refractivity contribution in [1.82, 2.24) is 4.98 Å². The molecule has 2 N–H and O–H groups in total. The summed E-state index contributed by atoms with van der Waals surface area (Å²) in [6.07, 6.45) is 1.61. The van der Waals surface area contributed by atoms with E-state index in [0.29, 0.717) is 28.2 Å². The molecule has 2 aromatic rings. The number of hydrogen-bond donors (Lipinski definition) is 1. The van der Waals surface area contributed by atoms with Crippen LogP contribution in [-0.4, -0.2) is 4.98 Å². The highest BCUT2D eigenvalue weighted by Crippen LogP contribution is 2.30. The molecule has 0 saturated carbocycles. The number of benzene rings is 1. The van der Waals surface area contributed by atoms with Crippen molar-refractivity contribution in [3.63, 3.8) is 0 Å². The summed E-state index contributed by atoms with van der Waals surface area (Å²) in [5, 5.41) is 1.02. The predicted octanol–water partition coefficient (Wildman–Crippen LogP) is 3.64. The Morgan fingerprint density at radius 1 is 1.24 bits per heavy atom. The molecular weight excluding hydrogens is 259 g/mol. The van der Waals surface area contributed by atoms with Crippen molar-refractivity contribution < 1.29 is 4.74 Å². The predicted molar refractivity (Wildman–Crippen MR) is 68.7 cm³/mol. The average Bonchev–Trinajstić information content (AvgIpc) is 2.32. The van der Waals surface area contributed by atoms with Crippen LogP contribution in [0.2, 0.25) is 10.0 Å². The molecule has 88 valence electrons. The molecule has 17 heavy (non-hydrogen) atoms. The maximum absolute atomic E-state index is 6.10. The number of ether oxygens (including phenoxy) is 1. The largest absolute Gasteiger partial charge is 0.437 e. The van der Waals surface area contributed by atoms with Crippen LogP contribution in [0.4, 0.5) is 0 Å². The van der Waals surface area contributed by atoms with E-state index < -0.39 is 0 Å². The number of pyridine rings is 1.